The van der Waals surface area contributed by atoms with Crippen LogP contribution >= 0.6 is 0 Å². The summed E-state index contributed by atoms with van der Waals surface area (Å²) in [5.74, 6) is 3.09. The molecular weight excluding hydrogens is 246 g/mol. The van der Waals surface area contributed by atoms with Crippen LogP contribution in [0.25, 0.3) is 0 Å². The van der Waals surface area contributed by atoms with Gasteiger partial charge in [0.1, 0.15) is 5.84 Å². The lowest BCUT2D eigenvalue weighted by Crippen LogP contribution is -2.28. The van der Waals surface area contributed by atoms with Gasteiger partial charge in [-0.05, 0) is 55.7 Å². The predicted octanol–water partition coefficient (Wildman–Crippen LogP) is 2.84. The van der Waals surface area contributed by atoms with Crippen LogP contribution in [0.15, 0.2) is 24.3 Å². The van der Waals surface area contributed by atoms with Crippen LogP contribution in [-0.2, 0) is 6.54 Å². The van der Waals surface area contributed by atoms with Crippen molar-refractivity contribution < 1.29 is 0 Å². The summed E-state index contributed by atoms with van der Waals surface area (Å²) in [5.41, 5.74) is 7.64. The third-order valence-corrected chi connectivity index (χ3v) is 5.12. The number of hydrogen-bond donors (Lipinski definition) is 2. The number of nitrogens with zero attached hydrogens (tertiary/aromatic N) is 1. The summed E-state index contributed by atoms with van der Waals surface area (Å²) in [4.78, 5) is 2.44. The van der Waals surface area contributed by atoms with E-state index >= 15 is 0 Å². The van der Waals surface area contributed by atoms with Gasteiger partial charge in [0, 0.05) is 18.7 Å². The molecule has 0 heterocycles. The van der Waals surface area contributed by atoms with Crippen molar-refractivity contribution in [1.82, 2.24) is 4.90 Å². The molecule has 108 valence electrons. The first-order chi connectivity index (χ1) is 9.61. The van der Waals surface area contributed by atoms with E-state index in [1.54, 1.807) is 0 Å². The van der Waals surface area contributed by atoms with Crippen molar-refractivity contribution in [2.45, 2.75) is 32.2 Å². The highest BCUT2D eigenvalue weighted by molar-refractivity contribution is 5.95. The molecule has 2 saturated carbocycles. The van der Waals surface area contributed by atoms with E-state index in [1.165, 1.54) is 37.8 Å². The topological polar surface area (TPSA) is 53.1 Å². The van der Waals surface area contributed by atoms with Gasteiger partial charge in [-0.2, -0.15) is 0 Å². The van der Waals surface area contributed by atoms with Gasteiger partial charge in [0.15, 0.2) is 0 Å². The van der Waals surface area contributed by atoms with Gasteiger partial charge in [0.05, 0.1) is 0 Å². The monoisotopic (exact) mass is 271 g/mol. The van der Waals surface area contributed by atoms with Crippen LogP contribution in [0.4, 0.5) is 0 Å². The quantitative estimate of drug-likeness (QED) is 0.639. The standard InChI is InChI=1S/C17H25N3/c1-20(11-16-8-12-5-6-14(16)7-12)10-13-3-2-4-15(9-13)17(18)19/h2-4,9,12,14,16H,5-8,10-11H2,1H3,(H3,18,19). The molecule has 2 bridgehead atoms. The van der Waals surface area contributed by atoms with E-state index in [9.17, 15) is 0 Å². The fourth-order valence-electron chi connectivity index (χ4n) is 4.21. The fourth-order valence-corrected chi connectivity index (χ4v) is 4.21. The minimum Gasteiger partial charge on any atom is -0.384 e. The summed E-state index contributed by atoms with van der Waals surface area (Å²) < 4.78 is 0. The van der Waals surface area contributed by atoms with Crippen LogP contribution in [0.3, 0.4) is 0 Å². The second-order valence-electron chi connectivity index (χ2n) is 6.75. The Kier molecular flexibility index (Phi) is 3.79. The molecule has 20 heavy (non-hydrogen) atoms. The molecule has 0 amide bonds. The summed E-state index contributed by atoms with van der Waals surface area (Å²) in [6.45, 7) is 2.17. The minimum absolute atomic E-state index is 0.155. The Morgan fingerprint density at radius 1 is 1.35 bits per heavy atom. The van der Waals surface area contributed by atoms with Crippen molar-refractivity contribution in [3.8, 4) is 0 Å². The molecule has 3 nitrogen and oxygen atoms in total. The molecule has 0 aromatic heterocycles. The Hall–Kier alpha value is -1.35. The highest BCUT2D eigenvalue weighted by atomic mass is 15.1. The van der Waals surface area contributed by atoms with Gasteiger partial charge >= 0.3 is 0 Å². The number of fused-ring (bicyclic) bond motifs is 2. The van der Waals surface area contributed by atoms with Crippen LogP contribution in [0, 0.1) is 23.2 Å². The van der Waals surface area contributed by atoms with E-state index in [-0.39, 0.29) is 5.84 Å². The molecule has 0 saturated heterocycles. The highest BCUT2D eigenvalue weighted by Gasteiger charge is 2.39. The molecule has 3 rings (SSSR count). The highest BCUT2D eigenvalue weighted by Crippen LogP contribution is 2.48. The Morgan fingerprint density at radius 2 is 2.20 bits per heavy atom. The van der Waals surface area contributed by atoms with Crippen LogP contribution in [0.5, 0.6) is 0 Å². The summed E-state index contributed by atoms with van der Waals surface area (Å²) in [7, 11) is 2.21. The molecule has 1 aromatic rings. The smallest absolute Gasteiger partial charge is 0.122 e. The van der Waals surface area contributed by atoms with E-state index in [4.69, 9.17) is 11.1 Å². The number of benzene rings is 1. The van der Waals surface area contributed by atoms with E-state index in [1.807, 2.05) is 18.2 Å². The van der Waals surface area contributed by atoms with Crippen molar-refractivity contribution in [3.05, 3.63) is 35.4 Å². The summed E-state index contributed by atoms with van der Waals surface area (Å²) in [6, 6.07) is 8.07. The Balaban J connectivity index is 1.57. The minimum atomic E-state index is 0.155. The van der Waals surface area contributed by atoms with Gasteiger partial charge in [0.25, 0.3) is 0 Å². The average Bonchev–Trinajstić information content (AvgIpc) is 3.01. The molecule has 0 aliphatic heterocycles. The van der Waals surface area contributed by atoms with Crippen molar-refractivity contribution in [2.75, 3.05) is 13.6 Å². The number of hydrogen-bond acceptors (Lipinski definition) is 2. The molecular formula is C17H25N3. The van der Waals surface area contributed by atoms with Crippen molar-refractivity contribution in [3.63, 3.8) is 0 Å². The Morgan fingerprint density at radius 3 is 2.85 bits per heavy atom. The summed E-state index contributed by atoms with van der Waals surface area (Å²) >= 11 is 0. The molecule has 2 aliphatic rings. The van der Waals surface area contributed by atoms with Crippen LogP contribution in [-0.4, -0.2) is 24.3 Å². The lowest BCUT2D eigenvalue weighted by atomic mass is 9.88. The third-order valence-electron chi connectivity index (χ3n) is 5.12. The molecule has 3 heteroatoms. The molecule has 2 fully saturated rings. The van der Waals surface area contributed by atoms with Crippen molar-refractivity contribution in [2.24, 2.45) is 23.5 Å². The zero-order valence-electron chi connectivity index (χ0n) is 12.3. The first-order valence-electron chi connectivity index (χ1n) is 7.73. The second-order valence-corrected chi connectivity index (χ2v) is 6.75. The van der Waals surface area contributed by atoms with E-state index in [2.05, 4.69) is 18.0 Å². The molecule has 3 atom stereocenters. The van der Waals surface area contributed by atoms with Gasteiger partial charge in [-0.3, -0.25) is 5.41 Å². The van der Waals surface area contributed by atoms with E-state index in [0.717, 1.165) is 29.9 Å². The fraction of sp³-hybridized carbons (Fsp3) is 0.588. The SMILES string of the molecule is CN(Cc1cccc(C(=N)N)c1)CC1CC2CCC1C2. The van der Waals surface area contributed by atoms with Crippen molar-refractivity contribution in [1.29, 1.82) is 5.41 Å². The van der Waals surface area contributed by atoms with Gasteiger partial charge in [-0.15, -0.1) is 0 Å². The van der Waals surface area contributed by atoms with Crippen LogP contribution < -0.4 is 5.73 Å². The van der Waals surface area contributed by atoms with Gasteiger partial charge in [-0.1, -0.05) is 24.6 Å². The Bertz CT molecular complexity index is 497. The first-order valence-corrected chi connectivity index (χ1v) is 7.73. The van der Waals surface area contributed by atoms with Gasteiger partial charge in [0.2, 0.25) is 0 Å². The maximum Gasteiger partial charge on any atom is 0.122 e. The predicted molar refractivity (Wildman–Crippen MR) is 82.7 cm³/mol. The Labute approximate surface area is 121 Å². The lowest BCUT2D eigenvalue weighted by molar-refractivity contribution is 0.214. The maximum atomic E-state index is 7.52. The maximum absolute atomic E-state index is 7.52. The third kappa shape index (κ3) is 2.88. The molecule has 1 aromatic carbocycles. The second kappa shape index (κ2) is 5.57. The molecule has 3 unspecified atom stereocenters. The summed E-state index contributed by atoms with van der Waals surface area (Å²) in [6.07, 6.45) is 5.87. The first kappa shape index (κ1) is 13.6. The molecule has 0 radical (unpaired) electrons. The summed E-state index contributed by atoms with van der Waals surface area (Å²) in [5, 5.41) is 7.52. The molecule has 0 spiro atoms. The average molecular weight is 271 g/mol. The largest absolute Gasteiger partial charge is 0.384 e. The molecule has 3 N–H and O–H groups in total. The number of amidine groups is 1. The number of nitrogen functional groups attached to an aromatic ring is 1. The number of rotatable bonds is 5. The van der Waals surface area contributed by atoms with Crippen molar-refractivity contribution >= 4 is 5.84 Å². The van der Waals surface area contributed by atoms with Crippen LogP contribution in [0.1, 0.15) is 36.8 Å². The van der Waals surface area contributed by atoms with Gasteiger partial charge < -0.3 is 10.6 Å². The molecule has 2 aliphatic carbocycles. The normalized spacial score (nSPS) is 28.2. The van der Waals surface area contributed by atoms with Gasteiger partial charge in [-0.25, -0.2) is 0 Å². The zero-order chi connectivity index (χ0) is 14.1. The number of nitrogens with one attached hydrogen (secondary N) is 1. The van der Waals surface area contributed by atoms with E-state index in [0.29, 0.717) is 0 Å². The lowest BCUT2D eigenvalue weighted by Gasteiger charge is -2.27. The van der Waals surface area contributed by atoms with E-state index < -0.39 is 0 Å². The van der Waals surface area contributed by atoms with Crippen LogP contribution in [0.2, 0.25) is 0 Å². The number of nitrogens with two attached hydrogens (primary N) is 1. The zero-order valence-corrected chi connectivity index (χ0v) is 12.3.